The Morgan fingerprint density at radius 1 is 1.67 bits per heavy atom. The van der Waals surface area contributed by atoms with Gasteiger partial charge in [-0.2, -0.15) is 0 Å². The van der Waals surface area contributed by atoms with Crippen LogP contribution >= 0.6 is 0 Å². The van der Waals surface area contributed by atoms with Crippen LogP contribution in [0.2, 0.25) is 0 Å². The Morgan fingerprint density at radius 3 is 3.00 bits per heavy atom. The molecule has 1 heterocycles. The molecule has 0 amide bonds. The van der Waals surface area contributed by atoms with E-state index in [1.54, 1.807) is 0 Å². The van der Waals surface area contributed by atoms with E-state index >= 15 is 0 Å². The summed E-state index contributed by atoms with van der Waals surface area (Å²) in [5.74, 6) is 1.16. The second-order valence-corrected chi connectivity index (χ2v) is 3.10. The first-order valence-electron chi connectivity index (χ1n) is 4.38. The predicted octanol–water partition coefficient (Wildman–Crippen LogP) is 2.41. The first-order chi connectivity index (χ1) is 5.74. The molecule has 0 atom stereocenters. The Bertz CT molecular complexity index is 261. The van der Waals surface area contributed by atoms with E-state index < -0.39 is 0 Å². The van der Waals surface area contributed by atoms with Gasteiger partial charge in [0.2, 0.25) is 0 Å². The van der Waals surface area contributed by atoms with Gasteiger partial charge in [0.1, 0.15) is 5.82 Å². The van der Waals surface area contributed by atoms with Crippen molar-refractivity contribution in [2.75, 3.05) is 0 Å². The summed E-state index contributed by atoms with van der Waals surface area (Å²) in [5, 5.41) is 0. The second-order valence-electron chi connectivity index (χ2n) is 3.10. The molecule has 0 aliphatic carbocycles. The fourth-order valence-electron chi connectivity index (χ4n) is 1.17. The molecule has 0 aromatic carbocycles. The van der Waals surface area contributed by atoms with Crippen LogP contribution < -0.4 is 0 Å². The third-order valence-corrected chi connectivity index (χ3v) is 1.90. The lowest BCUT2D eigenvalue weighted by molar-refractivity contribution is 0.654. The number of allylic oxidation sites excluding steroid dienone is 1. The fraction of sp³-hybridized carbons (Fsp3) is 0.500. The average Bonchev–Trinajstić information content (AvgIpc) is 2.47. The van der Waals surface area contributed by atoms with Gasteiger partial charge in [0.15, 0.2) is 0 Å². The highest BCUT2D eigenvalue weighted by Gasteiger charge is 1.98. The second kappa shape index (κ2) is 4.10. The van der Waals surface area contributed by atoms with Crippen molar-refractivity contribution in [3.8, 4) is 0 Å². The summed E-state index contributed by atoms with van der Waals surface area (Å²) in [6.45, 7) is 9.07. The van der Waals surface area contributed by atoms with Crippen LogP contribution in [0.1, 0.15) is 26.1 Å². The largest absolute Gasteiger partial charge is 0.335 e. The molecule has 0 unspecified atom stereocenters. The van der Waals surface area contributed by atoms with E-state index in [4.69, 9.17) is 0 Å². The molecule has 0 radical (unpaired) electrons. The molecule has 0 bridgehead atoms. The van der Waals surface area contributed by atoms with Gasteiger partial charge >= 0.3 is 0 Å². The summed E-state index contributed by atoms with van der Waals surface area (Å²) in [6.07, 6.45) is 5.94. The van der Waals surface area contributed by atoms with Gasteiger partial charge in [-0.3, -0.25) is 0 Å². The minimum absolute atomic E-state index is 1.00. The number of imidazole rings is 1. The number of aromatic nitrogens is 2. The Labute approximate surface area is 73.9 Å². The van der Waals surface area contributed by atoms with Crippen LogP contribution in [0.4, 0.5) is 0 Å². The Balaban J connectivity index is 2.56. The van der Waals surface area contributed by atoms with E-state index in [1.165, 1.54) is 5.57 Å². The zero-order valence-corrected chi connectivity index (χ0v) is 7.88. The van der Waals surface area contributed by atoms with Gasteiger partial charge in [0.25, 0.3) is 0 Å². The van der Waals surface area contributed by atoms with Crippen LogP contribution in [0.3, 0.4) is 0 Å². The van der Waals surface area contributed by atoms with Gasteiger partial charge in [-0.15, -0.1) is 6.58 Å². The molecule has 0 aliphatic rings. The minimum atomic E-state index is 1.00. The lowest BCUT2D eigenvalue weighted by atomic mass is 10.2. The maximum Gasteiger partial charge on any atom is 0.108 e. The van der Waals surface area contributed by atoms with Crippen LogP contribution in [-0.2, 0) is 13.0 Å². The number of nitrogens with zero attached hydrogens (tertiary/aromatic N) is 2. The Kier molecular flexibility index (Phi) is 3.09. The van der Waals surface area contributed by atoms with E-state index in [0.717, 1.165) is 25.2 Å². The molecule has 0 saturated heterocycles. The van der Waals surface area contributed by atoms with E-state index in [9.17, 15) is 0 Å². The van der Waals surface area contributed by atoms with Crippen molar-refractivity contribution in [2.45, 2.75) is 33.2 Å². The molecule has 2 nitrogen and oxygen atoms in total. The van der Waals surface area contributed by atoms with Gasteiger partial charge in [0, 0.05) is 25.4 Å². The monoisotopic (exact) mass is 164 g/mol. The predicted molar refractivity (Wildman–Crippen MR) is 51.0 cm³/mol. The molecule has 66 valence electrons. The van der Waals surface area contributed by atoms with Gasteiger partial charge in [0.05, 0.1) is 0 Å². The highest BCUT2D eigenvalue weighted by molar-refractivity contribution is 4.94. The first-order valence-corrected chi connectivity index (χ1v) is 4.38. The van der Waals surface area contributed by atoms with Crippen molar-refractivity contribution in [3.63, 3.8) is 0 Å². The molecule has 0 fully saturated rings. The van der Waals surface area contributed by atoms with E-state index in [1.807, 2.05) is 12.4 Å². The van der Waals surface area contributed by atoms with Crippen molar-refractivity contribution in [1.29, 1.82) is 0 Å². The summed E-state index contributed by atoms with van der Waals surface area (Å²) < 4.78 is 2.19. The smallest absolute Gasteiger partial charge is 0.108 e. The minimum Gasteiger partial charge on any atom is -0.335 e. The summed E-state index contributed by atoms with van der Waals surface area (Å²) in [7, 11) is 0. The van der Waals surface area contributed by atoms with E-state index in [-0.39, 0.29) is 0 Å². The van der Waals surface area contributed by atoms with Crippen LogP contribution in [0, 0.1) is 0 Å². The SMILES string of the molecule is C=C(C)CCn1ccnc1CC. The van der Waals surface area contributed by atoms with E-state index in [0.29, 0.717) is 0 Å². The Hall–Kier alpha value is -1.05. The fourth-order valence-corrected chi connectivity index (χ4v) is 1.17. The quantitative estimate of drug-likeness (QED) is 0.625. The topological polar surface area (TPSA) is 17.8 Å². The molecule has 0 N–H and O–H groups in total. The average molecular weight is 164 g/mol. The van der Waals surface area contributed by atoms with Crippen molar-refractivity contribution in [1.82, 2.24) is 9.55 Å². The molecule has 1 aromatic heterocycles. The van der Waals surface area contributed by atoms with Gasteiger partial charge in [-0.25, -0.2) is 4.98 Å². The zero-order valence-electron chi connectivity index (χ0n) is 7.88. The van der Waals surface area contributed by atoms with E-state index in [2.05, 4.69) is 30.0 Å². The van der Waals surface area contributed by atoms with Crippen molar-refractivity contribution in [2.24, 2.45) is 0 Å². The van der Waals surface area contributed by atoms with Gasteiger partial charge in [-0.1, -0.05) is 12.5 Å². The third-order valence-electron chi connectivity index (χ3n) is 1.90. The number of hydrogen-bond donors (Lipinski definition) is 0. The van der Waals surface area contributed by atoms with Crippen molar-refractivity contribution < 1.29 is 0 Å². The normalized spacial score (nSPS) is 10.2. The van der Waals surface area contributed by atoms with Crippen molar-refractivity contribution >= 4 is 0 Å². The maximum atomic E-state index is 4.25. The standard InChI is InChI=1S/C10H16N2/c1-4-10-11-6-8-12(10)7-5-9(2)3/h6,8H,2,4-5,7H2,1,3H3. The molecule has 0 saturated carbocycles. The number of aryl methyl sites for hydroxylation is 2. The highest BCUT2D eigenvalue weighted by Crippen LogP contribution is 2.03. The van der Waals surface area contributed by atoms with Crippen LogP contribution in [-0.4, -0.2) is 9.55 Å². The summed E-state index contributed by atoms with van der Waals surface area (Å²) >= 11 is 0. The molecule has 0 aliphatic heterocycles. The van der Waals surface area contributed by atoms with Gasteiger partial charge in [-0.05, 0) is 13.3 Å². The molecule has 1 rings (SSSR count). The first kappa shape index (κ1) is 9.04. The summed E-state index contributed by atoms with van der Waals surface area (Å²) in [4.78, 5) is 4.25. The third kappa shape index (κ3) is 2.22. The maximum absolute atomic E-state index is 4.25. The van der Waals surface area contributed by atoms with Crippen molar-refractivity contribution in [3.05, 3.63) is 30.4 Å². The lowest BCUT2D eigenvalue weighted by Crippen LogP contribution is -2.01. The van der Waals surface area contributed by atoms with Crippen LogP contribution in [0.25, 0.3) is 0 Å². The molecular weight excluding hydrogens is 148 g/mol. The number of rotatable bonds is 4. The number of hydrogen-bond acceptors (Lipinski definition) is 1. The summed E-state index contributed by atoms with van der Waals surface area (Å²) in [5.41, 5.74) is 1.23. The zero-order chi connectivity index (χ0) is 8.97. The highest BCUT2D eigenvalue weighted by atomic mass is 15.1. The Morgan fingerprint density at radius 2 is 2.42 bits per heavy atom. The van der Waals surface area contributed by atoms with Gasteiger partial charge < -0.3 is 4.57 Å². The molecule has 1 aromatic rings. The molecule has 12 heavy (non-hydrogen) atoms. The lowest BCUT2D eigenvalue weighted by Gasteiger charge is -2.05. The summed E-state index contributed by atoms with van der Waals surface area (Å²) in [6, 6.07) is 0. The molecular formula is C10H16N2. The van der Waals surface area contributed by atoms with Crippen LogP contribution in [0.5, 0.6) is 0 Å². The van der Waals surface area contributed by atoms with Crippen LogP contribution in [0.15, 0.2) is 24.5 Å². The molecule has 0 spiro atoms. The molecule has 2 heteroatoms.